The first-order valence-electron chi connectivity index (χ1n) is 7.03. The van der Waals surface area contributed by atoms with Crippen LogP contribution < -0.4 is 10.6 Å². The van der Waals surface area contributed by atoms with Gasteiger partial charge in [-0.25, -0.2) is 4.90 Å². The molecule has 2 N–H and O–H groups in total. The lowest BCUT2D eigenvalue weighted by molar-refractivity contribution is 0.0893. The van der Waals surface area contributed by atoms with E-state index in [1.165, 1.54) is 4.90 Å². The summed E-state index contributed by atoms with van der Waals surface area (Å²) < 4.78 is 0.858. The Labute approximate surface area is 140 Å². The van der Waals surface area contributed by atoms with Crippen molar-refractivity contribution in [3.05, 3.63) is 70.2 Å². The minimum Gasteiger partial charge on any atom is -0.399 e. The second-order valence-corrected chi connectivity index (χ2v) is 6.22. The number of benzene rings is 3. The Morgan fingerprint density at radius 2 is 1.57 bits per heavy atom. The molecule has 3 aromatic carbocycles. The number of halogens is 1. The highest BCUT2D eigenvalue weighted by Crippen LogP contribution is 2.36. The van der Waals surface area contributed by atoms with Gasteiger partial charge in [-0.3, -0.25) is 9.59 Å². The maximum atomic E-state index is 12.9. The van der Waals surface area contributed by atoms with Gasteiger partial charge in [0.2, 0.25) is 0 Å². The summed E-state index contributed by atoms with van der Waals surface area (Å²) in [6.07, 6.45) is 0. The monoisotopic (exact) mass is 366 g/mol. The maximum absolute atomic E-state index is 12.9. The predicted molar refractivity (Wildman–Crippen MR) is 93.6 cm³/mol. The molecule has 112 valence electrons. The van der Waals surface area contributed by atoms with E-state index in [1.807, 2.05) is 18.2 Å². The van der Waals surface area contributed by atoms with E-state index in [0.717, 1.165) is 9.86 Å². The Balaban J connectivity index is 2.01. The van der Waals surface area contributed by atoms with Crippen molar-refractivity contribution in [2.45, 2.75) is 0 Å². The molecule has 4 rings (SSSR count). The molecule has 0 bridgehead atoms. The summed E-state index contributed by atoms with van der Waals surface area (Å²) in [5, 5.41) is 1.55. The van der Waals surface area contributed by atoms with Crippen LogP contribution in [-0.4, -0.2) is 11.8 Å². The number of rotatable bonds is 1. The van der Waals surface area contributed by atoms with Crippen LogP contribution in [0, 0.1) is 0 Å². The van der Waals surface area contributed by atoms with Crippen LogP contribution in [-0.2, 0) is 0 Å². The van der Waals surface area contributed by atoms with Crippen molar-refractivity contribution in [1.29, 1.82) is 0 Å². The highest BCUT2D eigenvalue weighted by molar-refractivity contribution is 9.10. The number of imide groups is 1. The average molecular weight is 367 g/mol. The molecule has 1 aliphatic rings. The molecule has 0 aromatic heterocycles. The van der Waals surface area contributed by atoms with Crippen LogP contribution in [0.1, 0.15) is 20.7 Å². The lowest BCUT2D eigenvalue weighted by Gasteiger charge is -2.27. The molecule has 3 aromatic rings. The molecular weight excluding hydrogens is 356 g/mol. The summed E-state index contributed by atoms with van der Waals surface area (Å²) in [5.74, 6) is -0.673. The Morgan fingerprint density at radius 3 is 2.30 bits per heavy atom. The van der Waals surface area contributed by atoms with Crippen molar-refractivity contribution in [1.82, 2.24) is 0 Å². The number of nitrogens with zero attached hydrogens (tertiary/aromatic N) is 1. The van der Waals surface area contributed by atoms with Gasteiger partial charge in [-0.2, -0.15) is 0 Å². The van der Waals surface area contributed by atoms with Gasteiger partial charge in [-0.15, -0.1) is 0 Å². The SMILES string of the molecule is Nc1cccc(N2C(=O)c3cccc4c(Br)ccc(c34)C2=O)c1. The fraction of sp³-hybridized carbons (Fsp3) is 0. The molecule has 0 spiro atoms. The van der Waals surface area contributed by atoms with Gasteiger partial charge >= 0.3 is 0 Å². The Hall–Kier alpha value is -2.66. The zero-order chi connectivity index (χ0) is 16.1. The molecule has 0 atom stereocenters. The number of nitrogen functional groups attached to an aromatic ring is 1. The van der Waals surface area contributed by atoms with Crippen LogP contribution in [0.4, 0.5) is 11.4 Å². The van der Waals surface area contributed by atoms with Gasteiger partial charge in [0, 0.05) is 26.7 Å². The lowest BCUT2D eigenvalue weighted by Crippen LogP contribution is -2.40. The molecule has 0 unspecified atom stereocenters. The maximum Gasteiger partial charge on any atom is 0.265 e. The first-order valence-corrected chi connectivity index (χ1v) is 7.83. The molecule has 23 heavy (non-hydrogen) atoms. The van der Waals surface area contributed by atoms with Gasteiger partial charge in [-0.05, 0) is 41.8 Å². The standard InChI is InChI=1S/C18H11BrN2O2/c19-15-8-7-14-16-12(15)5-2-6-13(16)17(22)21(18(14)23)11-4-1-3-10(20)9-11/h1-9H,20H2. The largest absolute Gasteiger partial charge is 0.399 e. The van der Waals surface area contributed by atoms with E-state index in [-0.39, 0.29) is 11.8 Å². The summed E-state index contributed by atoms with van der Waals surface area (Å²) in [4.78, 5) is 27.0. The molecule has 0 saturated carbocycles. The van der Waals surface area contributed by atoms with E-state index < -0.39 is 0 Å². The van der Waals surface area contributed by atoms with Crippen molar-refractivity contribution >= 4 is 49.9 Å². The molecule has 0 radical (unpaired) electrons. The van der Waals surface area contributed by atoms with E-state index in [0.29, 0.717) is 27.9 Å². The highest BCUT2D eigenvalue weighted by atomic mass is 79.9. The van der Waals surface area contributed by atoms with Gasteiger partial charge < -0.3 is 5.73 Å². The van der Waals surface area contributed by atoms with Gasteiger partial charge in [-0.1, -0.05) is 34.1 Å². The molecule has 0 aliphatic carbocycles. The van der Waals surface area contributed by atoms with Crippen molar-refractivity contribution in [3.63, 3.8) is 0 Å². The molecule has 5 heteroatoms. The first-order chi connectivity index (χ1) is 11.1. The molecule has 0 saturated heterocycles. The lowest BCUT2D eigenvalue weighted by atomic mass is 9.94. The zero-order valence-corrected chi connectivity index (χ0v) is 13.5. The van der Waals surface area contributed by atoms with E-state index in [1.54, 1.807) is 36.4 Å². The number of nitrogens with two attached hydrogens (primary N) is 1. The second kappa shape index (κ2) is 4.93. The highest BCUT2D eigenvalue weighted by Gasteiger charge is 2.34. The van der Waals surface area contributed by atoms with Crippen LogP contribution in [0.2, 0.25) is 0 Å². The van der Waals surface area contributed by atoms with E-state index in [2.05, 4.69) is 15.9 Å². The first kappa shape index (κ1) is 14.0. The number of hydrogen-bond acceptors (Lipinski definition) is 3. The number of carbonyl (C=O) groups is 2. The Morgan fingerprint density at radius 1 is 0.870 bits per heavy atom. The van der Waals surface area contributed by atoms with Crippen LogP contribution in [0.15, 0.2) is 59.1 Å². The van der Waals surface area contributed by atoms with Gasteiger partial charge in [0.05, 0.1) is 5.69 Å². The van der Waals surface area contributed by atoms with Crippen molar-refractivity contribution in [2.75, 3.05) is 10.6 Å². The zero-order valence-electron chi connectivity index (χ0n) is 11.9. The molecule has 2 amide bonds. The number of hydrogen-bond donors (Lipinski definition) is 1. The van der Waals surface area contributed by atoms with Crippen LogP contribution in [0.5, 0.6) is 0 Å². The quantitative estimate of drug-likeness (QED) is 0.523. The van der Waals surface area contributed by atoms with Crippen LogP contribution >= 0.6 is 15.9 Å². The molecule has 1 aliphatic heterocycles. The number of anilines is 2. The average Bonchev–Trinajstić information content (AvgIpc) is 2.54. The Bertz CT molecular complexity index is 975. The van der Waals surface area contributed by atoms with E-state index in [9.17, 15) is 9.59 Å². The van der Waals surface area contributed by atoms with E-state index in [4.69, 9.17) is 5.73 Å². The number of amides is 2. The van der Waals surface area contributed by atoms with Crippen LogP contribution in [0.25, 0.3) is 10.8 Å². The summed E-state index contributed by atoms with van der Waals surface area (Å²) in [6.45, 7) is 0. The molecular formula is C18H11BrN2O2. The topological polar surface area (TPSA) is 63.4 Å². The molecule has 1 heterocycles. The molecule has 0 fully saturated rings. The predicted octanol–water partition coefficient (Wildman–Crippen LogP) is 3.99. The summed E-state index contributed by atoms with van der Waals surface area (Å²) in [7, 11) is 0. The summed E-state index contributed by atoms with van der Waals surface area (Å²) >= 11 is 3.48. The van der Waals surface area contributed by atoms with E-state index >= 15 is 0 Å². The minimum absolute atomic E-state index is 0.336. The minimum atomic E-state index is -0.336. The normalized spacial score (nSPS) is 13.7. The van der Waals surface area contributed by atoms with Crippen LogP contribution in [0.3, 0.4) is 0 Å². The van der Waals surface area contributed by atoms with Crippen molar-refractivity contribution in [3.8, 4) is 0 Å². The smallest absolute Gasteiger partial charge is 0.265 e. The molecule has 4 nitrogen and oxygen atoms in total. The number of carbonyl (C=O) groups excluding carboxylic acids is 2. The van der Waals surface area contributed by atoms with Gasteiger partial charge in [0.15, 0.2) is 0 Å². The van der Waals surface area contributed by atoms with Crippen molar-refractivity contribution < 1.29 is 9.59 Å². The third-order valence-corrected chi connectivity index (χ3v) is 4.67. The summed E-state index contributed by atoms with van der Waals surface area (Å²) in [5.41, 5.74) is 7.80. The fourth-order valence-corrected chi connectivity index (χ4v) is 3.42. The fourth-order valence-electron chi connectivity index (χ4n) is 2.96. The second-order valence-electron chi connectivity index (χ2n) is 5.36. The third-order valence-electron chi connectivity index (χ3n) is 3.98. The van der Waals surface area contributed by atoms with Crippen molar-refractivity contribution in [2.24, 2.45) is 0 Å². The third kappa shape index (κ3) is 1.97. The summed E-state index contributed by atoms with van der Waals surface area (Å²) in [6, 6.07) is 15.8. The van der Waals surface area contributed by atoms with Gasteiger partial charge in [0.1, 0.15) is 0 Å². The van der Waals surface area contributed by atoms with Gasteiger partial charge in [0.25, 0.3) is 11.8 Å². The Kier molecular flexibility index (Phi) is 2.99.